The molecule has 136 valence electrons. The van der Waals surface area contributed by atoms with E-state index in [1.807, 2.05) is 30.5 Å². The van der Waals surface area contributed by atoms with Gasteiger partial charge in [-0.1, -0.05) is 60.7 Å². The summed E-state index contributed by atoms with van der Waals surface area (Å²) in [6, 6.07) is 20.8. The van der Waals surface area contributed by atoms with Gasteiger partial charge in [-0.05, 0) is 11.1 Å². The summed E-state index contributed by atoms with van der Waals surface area (Å²) >= 11 is 3.32. The van der Waals surface area contributed by atoms with Crippen LogP contribution in [0, 0.1) is 0 Å². The number of nitrogens with zero attached hydrogens (tertiary/aromatic N) is 2. The van der Waals surface area contributed by atoms with Gasteiger partial charge in [0.15, 0.2) is 10.3 Å². The molecule has 0 aliphatic heterocycles. The quantitative estimate of drug-likeness (QED) is 0.421. The molecule has 0 unspecified atom stereocenters. The van der Waals surface area contributed by atoms with Gasteiger partial charge in [0.2, 0.25) is 0 Å². The van der Waals surface area contributed by atoms with Crippen LogP contribution >= 0.6 is 22.7 Å². The Balaban J connectivity index is 1.27. The lowest BCUT2D eigenvalue weighted by Gasteiger charge is -2.02. The number of benzene rings is 2. The van der Waals surface area contributed by atoms with E-state index in [9.17, 15) is 0 Å². The molecule has 2 N–H and O–H groups in total. The summed E-state index contributed by atoms with van der Waals surface area (Å²) in [4.78, 5) is 10.3. The van der Waals surface area contributed by atoms with E-state index in [1.54, 1.807) is 22.7 Å². The van der Waals surface area contributed by atoms with Crippen LogP contribution < -0.4 is 10.6 Å². The number of anilines is 2. The van der Waals surface area contributed by atoms with Gasteiger partial charge in [0.25, 0.3) is 0 Å². The lowest BCUT2D eigenvalue weighted by Crippen LogP contribution is -1.98. The van der Waals surface area contributed by atoms with Gasteiger partial charge in [-0.25, -0.2) is 9.97 Å². The van der Waals surface area contributed by atoms with E-state index in [0.29, 0.717) is 0 Å². The van der Waals surface area contributed by atoms with Gasteiger partial charge >= 0.3 is 0 Å². The lowest BCUT2D eigenvalue weighted by atomic mass is 10.1. The highest BCUT2D eigenvalue weighted by Gasteiger charge is 2.05. The van der Waals surface area contributed by atoms with Crippen molar-refractivity contribution < 1.29 is 0 Å². The number of thiazole rings is 2. The van der Waals surface area contributed by atoms with Crippen molar-refractivity contribution in [2.24, 2.45) is 0 Å². The van der Waals surface area contributed by atoms with E-state index < -0.39 is 0 Å². The third kappa shape index (κ3) is 5.15. The molecule has 27 heavy (non-hydrogen) atoms. The smallest absolute Gasteiger partial charge is 0.183 e. The summed E-state index contributed by atoms with van der Waals surface area (Å²) in [5, 5.41) is 10.8. The second-order valence-corrected chi connectivity index (χ2v) is 8.10. The molecule has 4 rings (SSSR count). The molecule has 2 aromatic carbocycles. The molecule has 0 fully saturated rings. The van der Waals surface area contributed by atoms with Crippen LogP contribution in [0.15, 0.2) is 72.2 Å². The fourth-order valence-electron chi connectivity index (χ4n) is 2.68. The van der Waals surface area contributed by atoms with Gasteiger partial charge in [0.1, 0.15) is 0 Å². The summed E-state index contributed by atoms with van der Waals surface area (Å²) in [6.07, 6.45) is 2.79. The maximum atomic E-state index is 4.68. The molecule has 0 saturated carbocycles. The van der Waals surface area contributed by atoms with Gasteiger partial charge in [-0.15, -0.1) is 22.7 Å². The minimum atomic E-state index is 0.739. The van der Waals surface area contributed by atoms with E-state index in [1.165, 1.54) is 16.0 Å². The Bertz CT molecular complexity index is 964. The highest BCUT2D eigenvalue weighted by molar-refractivity contribution is 7.15. The normalized spacial score (nSPS) is 10.7. The standard InChI is InChI=1S/C21H20N4S2/c1-3-7-16(8-4-1)11-18-15-26-21(25-18)24-14-19-13-23-20(27-19)22-12-17-9-5-2-6-10-17/h1-10,13,15H,11-12,14H2,(H,22,23)(H,24,25). The number of hydrogen-bond donors (Lipinski definition) is 2. The first kappa shape index (κ1) is 17.7. The van der Waals surface area contributed by atoms with Gasteiger partial charge in [0.05, 0.1) is 12.2 Å². The molecule has 6 heteroatoms. The topological polar surface area (TPSA) is 49.8 Å². The molecule has 4 aromatic rings. The summed E-state index contributed by atoms with van der Waals surface area (Å²) in [5.74, 6) is 0. The maximum Gasteiger partial charge on any atom is 0.183 e. The molecule has 0 bridgehead atoms. The molecular formula is C21H20N4S2. The Kier molecular flexibility index (Phi) is 5.76. The van der Waals surface area contributed by atoms with E-state index >= 15 is 0 Å². The molecule has 0 aliphatic rings. The molecule has 0 spiro atoms. The fourth-order valence-corrected chi connectivity index (χ4v) is 4.14. The zero-order valence-electron chi connectivity index (χ0n) is 14.8. The van der Waals surface area contributed by atoms with Gasteiger partial charge < -0.3 is 10.6 Å². The van der Waals surface area contributed by atoms with Gasteiger partial charge in [-0.2, -0.15) is 0 Å². The zero-order chi connectivity index (χ0) is 18.3. The third-order valence-electron chi connectivity index (χ3n) is 4.03. The second-order valence-electron chi connectivity index (χ2n) is 6.13. The number of hydrogen-bond acceptors (Lipinski definition) is 6. The highest BCUT2D eigenvalue weighted by Crippen LogP contribution is 2.22. The van der Waals surface area contributed by atoms with Crippen molar-refractivity contribution in [3.63, 3.8) is 0 Å². The third-order valence-corrected chi connectivity index (χ3v) is 5.84. The first-order valence-electron chi connectivity index (χ1n) is 8.80. The van der Waals surface area contributed by atoms with Crippen LogP contribution in [0.1, 0.15) is 21.7 Å². The maximum absolute atomic E-state index is 4.68. The Morgan fingerprint density at radius 3 is 2.26 bits per heavy atom. The molecule has 0 atom stereocenters. The predicted molar refractivity (Wildman–Crippen MR) is 115 cm³/mol. The minimum absolute atomic E-state index is 0.739. The highest BCUT2D eigenvalue weighted by atomic mass is 32.1. The van der Waals surface area contributed by atoms with Crippen molar-refractivity contribution in [3.8, 4) is 0 Å². The summed E-state index contributed by atoms with van der Waals surface area (Å²) in [7, 11) is 0. The van der Waals surface area contributed by atoms with Gasteiger partial charge in [0, 0.05) is 29.4 Å². The molecule has 0 radical (unpaired) electrons. The predicted octanol–water partition coefficient (Wildman–Crippen LogP) is 5.41. The van der Waals surface area contributed by atoms with Crippen molar-refractivity contribution >= 4 is 32.9 Å². The first-order chi connectivity index (χ1) is 13.3. The van der Waals surface area contributed by atoms with Crippen LogP contribution in [-0.4, -0.2) is 9.97 Å². The van der Waals surface area contributed by atoms with Crippen LogP contribution in [0.3, 0.4) is 0 Å². The molecule has 2 aromatic heterocycles. The Hall–Kier alpha value is -2.70. The van der Waals surface area contributed by atoms with E-state index in [2.05, 4.69) is 62.4 Å². The zero-order valence-corrected chi connectivity index (χ0v) is 16.4. The molecule has 0 amide bonds. The first-order valence-corrected chi connectivity index (χ1v) is 10.5. The number of nitrogens with one attached hydrogen (secondary N) is 2. The van der Waals surface area contributed by atoms with Crippen molar-refractivity contribution in [1.29, 1.82) is 0 Å². The average molecular weight is 393 g/mol. The molecule has 4 nitrogen and oxygen atoms in total. The van der Waals surface area contributed by atoms with Gasteiger partial charge in [-0.3, -0.25) is 0 Å². The van der Waals surface area contributed by atoms with E-state index in [-0.39, 0.29) is 0 Å². The number of rotatable bonds is 8. The van der Waals surface area contributed by atoms with Crippen LogP contribution in [0.2, 0.25) is 0 Å². The Morgan fingerprint density at radius 1 is 0.778 bits per heavy atom. The summed E-state index contributed by atoms with van der Waals surface area (Å²) < 4.78 is 0. The minimum Gasteiger partial charge on any atom is -0.357 e. The Labute approximate surface area is 167 Å². The van der Waals surface area contributed by atoms with E-state index in [4.69, 9.17) is 0 Å². The SMILES string of the molecule is c1ccc(CNc2ncc(CNc3nc(Cc4ccccc4)cs3)s2)cc1. The van der Waals surface area contributed by atoms with E-state index in [0.717, 1.165) is 35.5 Å². The van der Waals surface area contributed by atoms with Crippen molar-refractivity contribution in [1.82, 2.24) is 9.97 Å². The van der Waals surface area contributed by atoms with Crippen LogP contribution in [0.4, 0.5) is 10.3 Å². The number of aromatic nitrogens is 2. The van der Waals surface area contributed by atoms with Crippen LogP contribution in [-0.2, 0) is 19.5 Å². The van der Waals surface area contributed by atoms with Crippen molar-refractivity contribution in [2.75, 3.05) is 10.6 Å². The molecule has 2 heterocycles. The van der Waals surface area contributed by atoms with Crippen molar-refractivity contribution in [3.05, 3.63) is 93.9 Å². The fraction of sp³-hybridized carbons (Fsp3) is 0.143. The summed E-state index contributed by atoms with van der Waals surface area (Å²) in [5.41, 5.74) is 3.63. The van der Waals surface area contributed by atoms with Crippen LogP contribution in [0.25, 0.3) is 0 Å². The van der Waals surface area contributed by atoms with Crippen molar-refractivity contribution in [2.45, 2.75) is 19.5 Å². The largest absolute Gasteiger partial charge is 0.357 e. The molecule has 0 aliphatic carbocycles. The average Bonchev–Trinajstić information content (AvgIpc) is 3.36. The lowest BCUT2D eigenvalue weighted by molar-refractivity contribution is 1.08. The second kappa shape index (κ2) is 8.79. The van der Waals surface area contributed by atoms with Crippen LogP contribution in [0.5, 0.6) is 0 Å². The monoisotopic (exact) mass is 392 g/mol. The molecule has 0 saturated heterocycles. The Morgan fingerprint density at radius 2 is 1.48 bits per heavy atom. The summed E-state index contributed by atoms with van der Waals surface area (Å²) in [6.45, 7) is 1.53. The molecular weight excluding hydrogens is 372 g/mol.